The van der Waals surface area contributed by atoms with Crippen molar-refractivity contribution in [3.8, 4) is 12.3 Å². The SMILES string of the molecule is C#CCCCC(NC)C1Cc2ccccc2S1. The molecule has 1 aromatic carbocycles. The fraction of sp³-hybridized carbons (Fsp3) is 0.467. The molecule has 0 spiro atoms. The maximum Gasteiger partial charge on any atom is 0.0289 e. The first-order chi connectivity index (χ1) is 8.35. The van der Waals surface area contributed by atoms with Crippen LogP contribution in [0.1, 0.15) is 24.8 Å². The van der Waals surface area contributed by atoms with Crippen LogP contribution in [0.5, 0.6) is 0 Å². The third-order valence-electron chi connectivity index (χ3n) is 3.33. The third-order valence-corrected chi connectivity index (χ3v) is 4.78. The molecule has 2 rings (SSSR count). The Labute approximate surface area is 108 Å². The molecular weight excluding hydrogens is 226 g/mol. The Bertz CT molecular complexity index is 383. The first kappa shape index (κ1) is 12.5. The molecule has 0 bridgehead atoms. The van der Waals surface area contributed by atoms with E-state index < -0.39 is 0 Å². The van der Waals surface area contributed by atoms with E-state index in [2.05, 4.69) is 42.6 Å². The van der Waals surface area contributed by atoms with Crippen molar-refractivity contribution in [1.29, 1.82) is 0 Å². The standard InChI is InChI=1S/C15H19NS/c1-3-4-5-9-13(16-2)15-11-12-8-6-7-10-14(12)17-15/h1,6-8,10,13,15-16H,4-5,9,11H2,2H3. The minimum Gasteiger partial charge on any atom is -0.316 e. The summed E-state index contributed by atoms with van der Waals surface area (Å²) in [4.78, 5) is 1.45. The van der Waals surface area contributed by atoms with Gasteiger partial charge in [-0.2, -0.15) is 0 Å². The maximum atomic E-state index is 5.30. The van der Waals surface area contributed by atoms with Crippen LogP contribution in [0.2, 0.25) is 0 Å². The van der Waals surface area contributed by atoms with Crippen molar-refractivity contribution in [1.82, 2.24) is 5.32 Å². The summed E-state index contributed by atoms with van der Waals surface area (Å²) in [5, 5.41) is 4.11. The molecule has 0 saturated carbocycles. The van der Waals surface area contributed by atoms with Crippen molar-refractivity contribution in [2.45, 2.75) is 41.9 Å². The predicted octanol–water partition coefficient (Wildman–Crippen LogP) is 3.09. The van der Waals surface area contributed by atoms with E-state index >= 15 is 0 Å². The van der Waals surface area contributed by atoms with Gasteiger partial charge in [0.05, 0.1) is 0 Å². The number of fused-ring (bicyclic) bond motifs is 1. The Hall–Kier alpha value is -0.910. The molecular formula is C15H19NS. The molecule has 0 saturated heterocycles. The Kier molecular flexibility index (Phi) is 4.53. The highest BCUT2D eigenvalue weighted by Crippen LogP contribution is 2.39. The van der Waals surface area contributed by atoms with Gasteiger partial charge in [-0.25, -0.2) is 0 Å². The van der Waals surface area contributed by atoms with Crippen LogP contribution in [0.25, 0.3) is 0 Å². The molecule has 17 heavy (non-hydrogen) atoms. The lowest BCUT2D eigenvalue weighted by Crippen LogP contribution is -2.35. The summed E-state index contributed by atoms with van der Waals surface area (Å²) in [6, 6.07) is 9.31. The van der Waals surface area contributed by atoms with Crippen molar-refractivity contribution >= 4 is 11.8 Å². The smallest absolute Gasteiger partial charge is 0.0289 e. The topological polar surface area (TPSA) is 12.0 Å². The van der Waals surface area contributed by atoms with Crippen molar-refractivity contribution in [3.05, 3.63) is 29.8 Å². The molecule has 2 atom stereocenters. The number of hydrogen-bond acceptors (Lipinski definition) is 2. The molecule has 1 aliphatic heterocycles. The third kappa shape index (κ3) is 3.06. The van der Waals surface area contributed by atoms with E-state index in [0.717, 1.165) is 12.8 Å². The summed E-state index contributed by atoms with van der Waals surface area (Å²) in [7, 11) is 2.06. The van der Waals surface area contributed by atoms with E-state index in [1.165, 1.54) is 23.3 Å². The second-order valence-corrected chi connectivity index (χ2v) is 5.74. The lowest BCUT2D eigenvalue weighted by molar-refractivity contribution is 0.492. The van der Waals surface area contributed by atoms with E-state index in [9.17, 15) is 0 Å². The molecule has 0 aromatic heterocycles. The highest BCUT2D eigenvalue weighted by atomic mass is 32.2. The molecule has 1 aromatic rings. The van der Waals surface area contributed by atoms with Crippen molar-refractivity contribution in [2.75, 3.05) is 7.05 Å². The maximum absolute atomic E-state index is 5.30. The van der Waals surface area contributed by atoms with E-state index in [1.807, 2.05) is 11.8 Å². The summed E-state index contributed by atoms with van der Waals surface area (Å²) in [5.41, 5.74) is 1.50. The van der Waals surface area contributed by atoms with Crippen LogP contribution in [-0.4, -0.2) is 18.3 Å². The number of nitrogens with one attached hydrogen (secondary N) is 1. The van der Waals surface area contributed by atoms with Gasteiger partial charge in [-0.1, -0.05) is 18.2 Å². The van der Waals surface area contributed by atoms with Gasteiger partial charge in [-0.15, -0.1) is 24.1 Å². The molecule has 1 aliphatic rings. The van der Waals surface area contributed by atoms with Gasteiger partial charge < -0.3 is 5.32 Å². The highest BCUT2D eigenvalue weighted by Gasteiger charge is 2.27. The van der Waals surface area contributed by atoms with Gasteiger partial charge in [-0.3, -0.25) is 0 Å². The number of unbranched alkanes of at least 4 members (excludes halogenated alkanes) is 1. The lowest BCUT2D eigenvalue weighted by atomic mass is 10.0. The van der Waals surface area contributed by atoms with E-state index in [-0.39, 0.29) is 0 Å². The van der Waals surface area contributed by atoms with Crippen LogP contribution in [0.4, 0.5) is 0 Å². The van der Waals surface area contributed by atoms with Gasteiger partial charge in [0, 0.05) is 22.6 Å². The summed E-state index contributed by atoms with van der Waals surface area (Å²) in [6.07, 6.45) is 9.67. The van der Waals surface area contributed by atoms with Crippen LogP contribution >= 0.6 is 11.8 Å². The normalized spacial score (nSPS) is 19.6. The number of rotatable bonds is 5. The molecule has 1 nitrogen and oxygen atoms in total. The molecule has 90 valence electrons. The molecule has 0 radical (unpaired) electrons. The molecule has 0 fully saturated rings. The molecule has 1 heterocycles. The summed E-state index contributed by atoms with van der Waals surface area (Å²) < 4.78 is 0. The number of benzene rings is 1. The minimum atomic E-state index is 0.570. The van der Waals surface area contributed by atoms with Gasteiger partial charge in [0.25, 0.3) is 0 Å². The molecule has 2 heteroatoms. The highest BCUT2D eigenvalue weighted by molar-refractivity contribution is 8.00. The quantitative estimate of drug-likeness (QED) is 0.632. The van der Waals surface area contributed by atoms with Crippen LogP contribution in [-0.2, 0) is 6.42 Å². The number of thioether (sulfide) groups is 1. The van der Waals surface area contributed by atoms with Crippen molar-refractivity contribution < 1.29 is 0 Å². The average molecular weight is 245 g/mol. The molecule has 0 aliphatic carbocycles. The van der Waals surface area contributed by atoms with Gasteiger partial charge in [0.2, 0.25) is 0 Å². The van der Waals surface area contributed by atoms with Crippen LogP contribution in [0.3, 0.4) is 0 Å². The van der Waals surface area contributed by atoms with Gasteiger partial charge in [0.15, 0.2) is 0 Å². The van der Waals surface area contributed by atoms with Crippen molar-refractivity contribution in [3.63, 3.8) is 0 Å². The van der Waals surface area contributed by atoms with Gasteiger partial charge in [-0.05, 0) is 37.9 Å². The minimum absolute atomic E-state index is 0.570. The zero-order chi connectivity index (χ0) is 12.1. The lowest BCUT2D eigenvalue weighted by Gasteiger charge is -2.21. The first-order valence-electron chi connectivity index (χ1n) is 6.20. The summed E-state index contributed by atoms with van der Waals surface area (Å²) in [5.74, 6) is 2.72. The zero-order valence-corrected chi connectivity index (χ0v) is 11.1. The molecule has 1 N–H and O–H groups in total. The fourth-order valence-electron chi connectivity index (χ4n) is 2.37. The largest absolute Gasteiger partial charge is 0.316 e. The predicted molar refractivity (Wildman–Crippen MR) is 75.3 cm³/mol. The van der Waals surface area contributed by atoms with Crippen LogP contribution < -0.4 is 5.32 Å². The Morgan fingerprint density at radius 3 is 3.06 bits per heavy atom. The van der Waals surface area contributed by atoms with E-state index in [0.29, 0.717) is 11.3 Å². The van der Waals surface area contributed by atoms with E-state index in [4.69, 9.17) is 6.42 Å². The monoisotopic (exact) mass is 245 g/mol. The Morgan fingerprint density at radius 2 is 2.35 bits per heavy atom. The number of hydrogen-bond donors (Lipinski definition) is 1. The average Bonchev–Trinajstić information content (AvgIpc) is 2.78. The van der Waals surface area contributed by atoms with Crippen LogP contribution in [0.15, 0.2) is 29.2 Å². The zero-order valence-electron chi connectivity index (χ0n) is 10.3. The Morgan fingerprint density at radius 1 is 1.53 bits per heavy atom. The molecule has 0 amide bonds. The summed E-state index contributed by atoms with van der Waals surface area (Å²) in [6.45, 7) is 0. The first-order valence-corrected chi connectivity index (χ1v) is 7.08. The van der Waals surface area contributed by atoms with Gasteiger partial charge in [0.1, 0.15) is 0 Å². The van der Waals surface area contributed by atoms with Gasteiger partial charge >= 0.3 is 0 Å². The van der Waals surface area contributed by atoms with Crippen LogP contribution in [0, 0.1) is 12.3 Å². The van der Waals surface area contributed by atoms with Crippen molar-refractivity contribution in [2.24, 2.45) is 0 Å². The second-order valence-electron chi connectivity index (χ2n) is 4.46. The van der Waals surface area contributed by atoms with E-state index in [1.54, 1.807) is 0 Å². The fourth-order valence-corrected chi connectivity index (χ4v) is 3.86. The second kappa shape index (κ2) is 6.14. The summed E-state index contributed by atoms with van der Waals surface area (Å²) >= 11 is 2.01. The Balaban J connectivity index is 1.93. The number of terminal acetylenes is 1. The molecule has 2 unspecified atom stereocenters.